The number of hydrogen-bond donors (Lipinski definition) is 0. The van der Waals surface area contributed by atoms with Gasteiger partial charge in [0.2, 0.25) is 0 Å². The largest absolute Gasteiger partial charge is 0.484 e. The van der Waals surface area contributed by atoms with Crippen molar-refractivity contribution < 1.29 is 23.8 Å². The number of carbonyl (C=O) groups is 2. The van der Waals surface area contributed by atoms with Gasteiger partial charge in [0.05, 0.1) is 41.7 Å². The number of amides is 1. The van der Waals surface area contributed by atoms with Crippen molar-refractivity contribution in [2.45, 2.75) is 52.5 Å². The van der Waals surface area contributed by atoms with Gasteiger partial charge in [0.15, 0.2) is 11.4 Å². The molecule has 0 radical (unpaired) electrons. The molecule has 232 valence electrons. The van der Waals surface area contributed by atoms with Gasteiger partial charge >= 0.3 is 5.97 Å². The zero-order chi connectivity index (χ0) is 31.2. The van der Waals surface area contributed by atoms with Crippen LogP contribution in [0.4, 0.5) is 0 Å². The summed E-state index contributed by atoms with van der Waals surface area (Å²) in [6.07, 6.45) is 3.20. The molecule has 1 amide bonds. The molecule has 1 saturated heterocycles. The van der Waals surface area contributed by atoms with Crippen LogP contribution in [0.1, 0.15) is 69.2 Å². The number of nitrogens with zero attached hydrogens (tertiary/aromatic N) is 3. The molecule has 2 aliphatic rings. The van der Waals surface area contributed by atoms with Crippen LogP contribution in [0.25, 0.3) is 6.08 Å². The van der Waals surface area contributed by atoms with Gasteiger partial charge in [-0.1, -0.05) is 74.9 Å². The van der Waals surface area contributed by atoms with Crippen molar-refractivity contribution in [1.29, 1.82) is 0 Å². The van der Waals surface area contributed by atoms with Gasteiger partial charge in [-0.15, -0.1) is 0 Å². The Morgan fingerprint density at radius 2 is 1.77 bits per heavy atom. The molecular formula is C34H39N3O6S. The Hall–Kier alpha value is -4.02. The van der Waals surface area contributed by atoms with Crippen molar-refractivity contribution in [3.63, 3.8) is 0 Å². The summed E-state index contributed by atoms with van der Waals surface area (Å²) in [7, 11) is 0. The van der Waals surface area contributed by atoms with Gasteiger partial charge in [0.25, 0.3) is 11.5 Å². The van der Waals surface area contributed by atoms with E-state index < -0.39 is 12.0 Å². The number of thiazole rings is 1. The summed E-state index contributed by atoms with van der Waals surface area (Å²) in [6, 6.07) is 14.7. The molecule has 0 saturated carbocycles. The predicted octanol–water partition coefficient (Wildman–Crippen LogP) is 3.94. The third kappa shape index (κ3) is 6.87. The van der Waals surface area contributed by atoms with E-state index in [9.17, 15) is 14.4 Å². The van der Waals surface area contributed by atoms with Crippen molar-refractivity contribution in [3.05, 3.63) is 96.2 Å². The minimum atomic E-state index is -0.644. The number of esters is 1. The maximum Gasteiger partial charge on any atom is 0.338 e. The highest BCUT2D eigenvalue weighted by molar-refractivity contribution is 7.07. The first-order chi connectivity index (χ1) is 21.3. The summed E-state index contributed by atoms with van der Waals surface area (Å²) in [5, 5.41) is 0. The number of morpholine rings is 1. The van der Waals surface area contributed by atoms with Crippen LogP contribution in [0.3, 0.4) is 0 Å². The minimum absolute atomic E-state index is 0.0427. The van der Waals surface area contributed by atoms with E-state index in [-0.39, 0.29) is 24.7 Å². The van der Waals surface area contributed by atoms with Crippen LogP contribution in [-0.2, 0) is 19.1 Å². The molecule has 1 atom stereocenters. The Bertz CT molecular complexity index is 1700. The first kappa shape index (κ1) is 31.4. The van der Waals surface area contributed by atoms with Gasteiger partial charge in [-0.3, -0.25) is 14.2 Å². The molecule has 0 bridgehead atoms. The Morgan fingerprint density at radius 3 is 2.41 bits per heavy atom. The maximum atomic E-state index is 14.0. The number of fused-ring (bicyclic) bond motifs is 1. The normalized spacial score (nSPS) is 17.0. The van der Waals surface area contributed by atoms with E-state index in [1.807, 2.05) is 37.3 Å². The number of rotatable bonds is 10. The van der Waals surface area contributed by atoms with Crippen molar-refractivity contribution in [2.24, 2.45) is 4.99 Å². The van der Waals surface area contributed by atoms with Crippen LogP contribution in [-0.4, -0.2) is 60.9 Å². The lowest BCUT2D eigenvalue weighted by Crippen LogP contribution is -2.42. The number of allylic oxidation sites excluding steroid dienone is 1. The van der Waals surface area contributed by atoms with Crippen LogP contribution in [0.15, 0.2) is 69.6 Å². The van der Waals surface area contributed by atoms with Gasteiger partial charge in [0.1, 0.15) is 5.75 Å². The molecule has 0 unspecified atom stereocenters. The number of carbonyl (C=O) groups excluding carboxylic acids is 2. The molecule has 2 aromatic carbocycles. The van der Waals surface area contributed by atoms with Gasteiger partial charge in [-0.25, -0.2) is 9.79 Å². The Kier molecular flexibility index (Phi) is 10.1. The minimum Gasteiger partial charge on any atom is -0.484 e. The molecule has 5 rings (SSSR count). The molecular weight excluding hydrogens is 578 g/mol. The lowest BCUT2D eigenvalue weighted by molar-refractivity contribution is -0.139. The smallest absolute Gasteiger partial charge is 0.338 e. The van der Waals surface area contributed by atoms with E-state index in [0.29, 0.717) is 65.0 Å². The van der Waals surface area contributed by atoms with Crippen molar-refractivity contribution in [1.82, 2.24) is 9.47 Å². The van der Waals surface area contributed by atoms with Crippen molar-refractivity contribution >= 4 is 29.3 Å². The molecule has 44 heavy (non-hydrogen) atoms. The summed E-state index contributed by atoms with van der Waals surface area (Å²) in [6.45, 7) is 10.5. The topological polar surface area (TPSA) is 99.4 Å². The molecule has 0 N–H and O–H groups in total. The Balaban J connectivity index is 1.48. The molecule has 10 heteroatoms. The van der Waals surface area contributed by atoms with Gasteiger partial charge in [0, 0.05) is 13.1 Å². The van der Waals surface area contributed by atoms with E-state index in [1.165, 1.54) is 16.9 Å². The first-order valence-electron chi connectivity index (χ1n) is 15.2. The molecule has 2 aliphatic heterocycles. The second kappa shape index (κ2) is 14.2. The Morgan fingerprint density at radius 1 is 1.07 bits per heavy atom. The summed E-state index contributed by atoms with van der Waals surface area (Å²) < 4.78 is 18.6. The van der Waals surface area contributed by atoms with E-state index >= 15 is 0 Å². The highest BCUT2D eigenvalue weighted by atomic mass is 32.1. The lowest BCUT2D eigenvalue weighted by atomic mass is 9.92. The first-order valence-corrected chi connectivity index (χ1v) is 16.0. The van der Waals surface area contributed by atoms with Crippen LogP contribution in [0, 0.1) is 0 Å². The van der Waals surface area contributed by atoms with Crippen LogP contribution < -0.4 is 19.6 Å². The lowest BCUT2D eigenvalue weighted by Gasteiger charge is -2.26. The molecule has 1 aromatic heterocycles. The molecule has 0 spiro atoms. The van der Waals surface area contributed by atoms with Crippen molar-refractivity contribution in [2.75, 3.05) is 39.5 Å². The summed E-state index contributed by atoms with van der Waals surface area (Å²) in [5.41, 5.74) is 3.66. The molecule has 9 nitrogen and oxygen atoms in total. The van der Waals surface area contributed by atoms with E-state index in [4.69, 9.17) is 19.2 Å². The zero-order valence-corrected chi connectivity index (χ0v) is 26.5. The van der Waals surface area contributed by atoms with E-state index in [1.54, 1.807) is 28.5 Å². The average Bonchev–Trinajstić information content (AvgIpc) is 3.34. The number of ether oxygens (including phenoxy) is 3. The molecule has 3 heterocycles. The summed E-state index contributed by atoms with van der Waals surface area (Å²) >= 11 is 1.30. The van der Waals surface area contributed by atoms with Crippen LogP contribution in [0.5, 0.6) is 5.75 Å². The predicted molar refractivity (Wildman–Crippen MR) is 169 cm³/mol. The number of benzene rings is 2. The molecule has 1 fully saturated rings. The van der Waals surface area contributed by atoms with Crippen LogP contribution >= 0.6 is 11.3 Å². The second-order valence-corrected chi connectivity index (χ2v) is 12.1. The molecule has 0 aliphatic carbocycles. The maximum absolute atomic E-state index is 14.0. The fourth-order valence-corrected chi connectivity index (χ4v) is 6.38. The molecule has 3 aromatic rings. The van der Waals surface area contributed by atoms with Crippen LogP contribution in [0.2, 0.25) is 0 Å². The van der Waals surface area contributed by atoms with Gasteiger partial charge < -0.3 is 19.1 Å². The average molecular weight is 618 g/mol. The quantitative estimate of drug-likeness (QED) is 0.320. The third-order valence-corrected chi connectivity index (χ3v) is 8.70. The Labute approximate surface area is 261 Å². The summed E-state index contributed by atoms with van der Waals surface area (Å²) in [4.78, 5) is 46.9. The van der Waals surface area contributed by atoms with Gasteiger partial charge in [-0.05, 0) is 54.2 Å². The SMILES string of the molecule is CCCC1=C(C(=O)OCC)[C@@H](c2ccc(C(C)C)cc2)n2c(s/c(=C/c3ccc(OCC(=O)N4CCOCC4)cc3)c2=O)=N1. The highest BCUT2D eigenvalue weighted by Gasteiger charge is 2.34. The van der Waals surface area contributed by atoms with E-state index in [2.05, 4.69) is 26.0 Å². The van der Waals surface area contributed by atoms with Gasteiger partial charge in [-0.2, -0.15) is 0 Å². The van der Waals surface area contributed by atoms with E-state index in [0.717, 1.165) is 17.5 Å². The van der Waals surface area contributed by atoms with Crippen molar-refractivity contribution in [3.8, 4) is 5.75 Å². The highest BCUT2D eigenvalue weighted by Crippen LogP contribution is 2.33. The summed E-state index contributed by atoms with van der Waals surface area (Å²) in [5.74, 6) is 0.397. The third-order valence-electron chi connectivity index (χ3n) is 7.72. The number of hydrogen-bond acceptors (Lipinski definition) is 8. The zero-order valence-electron chi connectivity index (χ0n) is 25.7. The fourth-order valence-electron chi connectivity index (χ4n) is 5.36. The fraction of sp³-hybridized carbons (Fsp3) is 0.412. The second-order valence-electron chi connectivity index (χ2n) is 11.1. The standard InChI is InChI=1S/C34H39N3O6S/c1-5-7-27-30(33(40)42-6-2)31(25-12-10-24(11-13-25)22(3)4)37-32(39)28(44-34(37)35-27)20-23-8-14-26(15-9-23)43-21-29(38)36-16-18-41-19-17-36/h8-15,20,22,31H,5-7,16-19,21H2,1-4H3/b28-20+/t31-/m1/s1. The monoisotopic (exact) mass is 617 g/mol. The number of aromatic nitrogens is 1.